The summed E-state index contributed by atoms with van der Waals surface area (Å²) in [5, 5.41) is 2.31. The molecular weight excluding hydrogens is 258 g/mol. The molecule has 0 bridgehead atoms. The van der Waals surface area contributed by atoms with Gasteiger partial charge in [0.2, 0.25) is 0 Å². The van der Waals surface area contributed by atoms with Crippen LogP contribution in [0.1, 0.15) is 38.8 Å². The maximum Gasteiger partial charge on any atom is 0.0448 e. The molecule has 1 aliphatic rings. The van der Waals surface area contributed by atoms with E-state index in [9.17, 15) is 0 Å². The quantitative estimate of drug-likeness (QED) is 0.861. The lowest BCUT2D eigenvalue weighted by atomic mass is 9.82. The molecule has 0 saturated carbocycles. The highest BCUT2D eigenvalue weighted by molar-refractivity contribution is 6.01. The van der Waals surface area contributed by atoms with Gasteiger partial charge in [-0.15, -0.1) is 0 Å². The zero-order chi connectivity index (χ0) is 15.0. The van der Waals surface area contributed by atoms with Gasteiger partial charge in [-0.25, -0.2) is 0 Å². The number of anilines is 2. The third kappa shape index (κ3) is 2.35. The number of hydrogen-bond donors (Lipinski definition) is 1. The molecule has 0 amide bonds. The van der Waals surface area contributed by atoms with E-state index < -0.39 is 0 Å². The molecule has 0 spiro atoms. The van der Waals surface area contributed by atoms with Crippen molar-refractivity contribution in [3.63, 3.8) is 0 Å². The Labute approximate surface area is 127 Å². The van der Waals surface area contributed by atoms with E-state index in [1.807, 2.05) is 19.2 Å². The van der Waals surface area contributed by atoms with Crippen molar-refractivity contribution < 1.29 is 0 Å². The second kappa shape index (κ2) is 5.21. The van der Waals surface area contributed by atoms with Gasteiger partial charge < -0.3 is 10.6 Å². The van der Waals surface area contributed by atoms with Crippen LogP contribution in [0.2, 0.25) is 0 Å². The topological polar surface area (TPSA) is 42.1 Å². The Kier molecular flexibility index (Phi) is 3.52. The van der Waals surface area contributed by atoms with Gasteiger partial charge in [-0.05, 0) is 49.8 Å². The van der Waals surface area contributed by atoms with Crippen molar-refractivity contribution in [2.75, 3.05) is 23.7 Å². The first kappa shape index (κ1) is 14.2. The number of nitrogen functional groups attached to an aromatic ring is 1. The van der Waals surface area contributed by atoms with Gasteiger partial charge in [-0.1, -0.05) is 13.8 Å². The number of aromatic nitrogens is 1. The standard InChI is InChI=1S/C18H25N3/c1-4-18(5-2)8-9-21(12-18)17-7-6-16(19)15-11-20-13(3)10-14(15)17/h6-7,10-11H,4-5,8-9,12,19H2,1-3H3. The fourth-order valence-corrected chi connectivity index (χ4v) is 3.59. The molecule has 112 valence electrons. The minimum absolute atomic E-state index is 0.482. The molecule has 1 fully saturated rings. The Morgan fingerprint density at radius 2 is 2.00 bits per heavy atom. The largest absolute Gasteiger partial charge is 0.398 e. The second-order valence-electron chi connectivity index (χ2n) is 6.42. The zero-order valence-electron chi connectivity index (χ0n) is 13.3. The lowest BCUT2D eigenvalue weighted by Gasteiger charge is -2.28. The number of aryl methyl sites for hydroxylation is 1. The fourth-order valence-electron chi connectivity index (χ4n) is 3.59. The molecule has 1 aromatic carbocycles. The third-order valence-corrected chi connectivity index (χ3v) is 5.33. The van der Waals surface area contributed by atoms with Gasteiger partial charge in [-0.3, -0.25) is 4.98 Å². The third-order valence-electron chi connectivity index (χ3n) is 5.33. The smallest absolute Gasteiger partial charge is 0.0448 e. The first-order valence-corrected chi connectivity index (χ1v) is 7.98. The number of hydrogen-bond acceptors (Lipinski definition) is 3. The van der Waals surface area contributed by atoms with Crippen molar-refractivity contribution >= 4 is 22.1 Å². The summed E-state index contributed by atoms with van der Waals surface area (Å²) in [5.41, 5.74) is 9.78. The van der Waals surface area contributed by atoms with Crippen LogP contribution in [0, 0.1) is 12.3 Å². The van der Waals surface area contributed by atoms with E-state index >= 15 is 0 Å². The summed E-state index contributed by atoms with van der Waals surface area (Å²) < 4.78 is 0. The van der Waals surface area contributed by atoms with E-state index in [1.165, 1.54) is 30.3 Å². The van der Waals surface area contributed by atoms with E-state index in [-0.39, 0.29) is 0 Å². The predicted octanol–water partition coefficient (Wildman–Crippen LogP) is 4.14. The number of pyridine rings is 1. The normalized spacial score (nSPS) is 17.6. The van der Waals surface area contributed by atoms with Gasteiger partial charge in [-0.2, -0.15) is 0 Å². The zero-order valence-corrected chi connectivity index (χ0v) is 13.3. The summed E-state index contributed by atoms with van der Waals surface area (Å²) >= 11 is 0. The molecule has 2 aromatic rings. The molecule has 21 heavy (non-hydrogen) atoms. The van der Waals surface area contributed by atoms with Crippen LogP contribution in [0.3, 0.4) is 0 Å². The summed E-state index contributed by atoms with van der Waals surface area (Å²) in [4.78, 5) is 6.93. The molecule has 2 N–H and O–H groups in total. The molecule has 0 atom stereocenters. The average Bonchev–Trinajstić information content (AvgIpc) is 2.92. The average molecular weight is 283 g/mol. The molecule has 0 aliphatic carbocycles. The van der Waals surface area contributed by atoms with Crippen LogP contribution < -0.4 is 10.6 Å². The van der Waals surface area contributed by atoms with Crippen LogP contribution in [0.4, 0.5) is 11.4 Å². The van der Waals surface area contributed by atoms with Gasteiger partial charge >= 0.3 is 0 Å². The van der Waals surface area contributed by atoms with Crippen LogP contribution in [0.5, 0.6) is 0 Å². The SMILES string of the molecule is CCC1(CC)CCN(c2ccc(N)c3cnc(C)cc23)C1. The van der Waals surface area contributed by atoms with E-state index in [4.69, 9.17) is 5.73 Å². The van der Waals surface area contributed by atoms with Crippen LogP contribution in [0.25, 0.3) is 10.8 Å². The minimum Gasteiger partial charge on any atom is -0.398 e. The number of nitrogens with zero attached hydrogens (tertiary/aromatic N) is 2. The van der Waals surface area contributed by atoms with Gasteiger partial charge in [0, 0.05) is 47.1 Å². The van der Waals surface area contributed by atoms with E-state index in [2.05, 4.69) is 35.9 Å². The molecule has 1 aliphatic heterocycles. The summed E-state index contributed by atoms with van der Waals surface area (Å²) in [6.07, 6.45) is 5.71. The molecule has 0 radical (unpaired) electrons. The van der Waals surface area contributed by atoms with Crippen molar-refractivity contribution in [1.82, 2.24) is 4.98 Å². The number of nitrogens with two attached hydrogens (primary N) is 1. The lowest BCUT2D eigenvalue weighted by molar-refractivity contribution is 0.301. The predicted molar refractivity (Wildman–Crippen MR) is 90.7 cm³/mol. The molecule has 1 aromatic heterocycles. The monoisotopic (exact) mass is 283 g/mol. The molecular formula is C18H25N3. The molecule has 2 heterocycles. The van der Waals surface area contributed by atoms with Gasteiger partial charge in [0.05, 0.1) is 0 Å². The van der Waals surface area contributed by atoms with Crippen LogP contribution >= 0.6 is 0 Å². The second-order valence-corrected chi connectivity index (χ2v) is 6.42. The van der Waals surface area contributed by atoms with Gasteiger partial charge in [0.1, 0.15) is 0 Å². The maximum absolute atomic E-state index is 6.12. The summed E-state index contributed by atoms with van der Waals surface area (Å²) in [5.74, 6) is 0. The van der Waals surface area contributed by atoms with E-state index in [0.717, 1.165) is 29.9 Å². The van der Waals surface area contributed by atoms with Crippen molar-refractivity contribution in [2.24, 2.45) is 5.41 Å². The first-order valence-electron chi connectivity index (χ1n) is 7.98. The Bertz CT molecular complexity index is 659. The highest BCUT2D eigenvalue weighted by Crippen LogP contribution is 2.41. The Hall–Kier alpha value is -1.77. The number of rotatable bonds is 3. The molecule has 1 saturated heterocycles. The molecule has 3 rings (SSSR count). The van der Waals surface area contributed by atoms with Crippen molar-refractivity contribution in [3.8, 4) is 0 Å². The van der Waals surface area contributed by atoms with Crippen LogP contribution in [-0.2, 0) is 0 Å². The minimum atomic E-state index is 0.482. The summed E-state index contributed by atoms with van der Waals surface area (Å²) in [6.45, 7) is 8.98. The highest BCUT2D eigenvalue weighted by atomic mass is 15.2. The summed E-state index contributed by atoms with van der Waals surface area (Å²) in [7, 11) is 0. The van der Waals surface area contributed by atoms with Crippen molar-refractivity contribution in [1.29, 1.82) is 0 Å². The lowest BCUT2D eigenvalue weighted by Crippen LogP contribution is -2.26. The highest BCUT2D eigenvalue weighted by Gasteiger charge is 2.35. The number of benzene rings is 1. The Balaban J connectivity index is 2.06. The van der Waals surface area contributed by atoms with E-state index in [1.54, 1.807) is 0 Å². The molecule has 3 heteroatoms. The van der Waals surface area contributed by atoms with Crippen LogP contribution in [-0.4, -0.2) is 18.1 Å². The first-order chi connectivity index (χ1) is 10.1. The number of fused-ring (bicyclic) bond motifs is 1. The van der Waals surface area contributed by atoms with Crippen molar-refractivity contribution in [2.45, 2.75) is 40.0 Å². The van der Waals surface area contributed by atoms with E-state index in [0.29, 0.717) is 5.41 Å². The molecule has 3 nitrogen and oxygen atoms in total. The van der Waals surface area contributed by atoms with Crippen molar-refractivity contribution in [3.05, 3.63) is 30.1 Å². The summed E-state index contributed by atoms with van der Waals surface area (Å²) in [6, 6.07) is 6.37. The molecule has 0 unspecified atom stereocenters. The van der Waals surface area contributed by atoms with Gasteiger partial charge in [0.25, 0.3) is 0 Å². The van der Waals surface area contributed by atoms with Crippen LogP contribution in [0.15, 0.2) is 24.4 Å². The maximum atomic E-state index is 6.12. The fraction of sp³-hybridized carbons (Fsp3) is 0.500. The Morgan fingerprint density at radius 3 is 2.67 bits per heavy atom. The van der Waals surface area contributed by atoms with Gasteiger partial charge in [0.15, 0.2) is 0 Å². The Morgan fingerprint density at radius 1 is 1.24 bits per heavy atom.